The quantitative estimate of drug-likeness (QED) is 0.384. The minimum atomic E-state index is -0.356. The number of rotatable bonds is 4. The lowest BCUT2D eigenvalue weighted by Crippen LogP contribution is -2.51. The van der Waals surface area contributed by atoms with E-state index in [0.717, 1.165) is 12.8 Å². The summed E-state index contributed by atoms with van der Waals surface area (Å²) in [7, 11) is 0. The number of hydrogen-bond donors (Lipinski definition) is 2. The first-order chi connectivity index (χ1) is 10.1. The number of likely N-dealkylation sites (tertiary alicyclic amines) is 1. The number of amidine groups is 1. The lowest BCUT2D eigenvalue weighted by atomic mass is 10.0. The van der Waals surface area contributed by atoms with Crippen molar-refractivity contribution in [1.82, 2.24) is 4.90 Å². The fraction of sp³-hybridized carbons (Fsp3) is 0.429. The molecular formula is C14H18ClN3O3. The molecule has 1 aromatic rings. The Labute approximate surface area is 128 Å². The molecule has 114 valence electrons. The predicted molar refractivity (Wildman–Crippen MR) is 79.7 cm³/mol. The molecule has 0 spiro atoms. The van der Waals surface area contributed by atoms with Crippen LogP contribution in [0.3, 0.4) is 0 Å². The zero-order chi connectivity index (χ0) is 15.2. The highest BCUT2D eigenvalue weighted by Crippen LogP contribution is 2.19. The van der Waals surface area contributed by atoms with Crippen LogP contribution in [0.4, 0.5) is 0 Å². The molecule has 1 aliphatic rings. The standard InChI is InChI=1S/C14H18ClN3O3/c15-10-4-6-11(7-5-10)21-9-13(19)18-8-2-1-3-12(18)14(16)17-20/h4-7,12,20H,1-3,8-9H2,(H2,16,17). The predicted octanol–water partition coefficient (Wildman–Crippen LogP) is 1.85. The molecule has 2 rings (SSSR count). The molecule has 1 aromatic carbocycles. The van der Waals surface area contributed by atoms with Gasteiger partial charge in [0.1, 0.15) is 5.75 Å². The van der Waals surface area contributed by atoms with Crippen LogP contribution < -0.4 is 10.5 Å². The van der Waals surface area contributed by atoms with Gasteiger partial charge in [0.25, 0.3) is 5.91 Å². The Bertz CT molecular complexity index is 519. The lowest BCUT2D eigenvalue weighted by Gasteiger charge is -2.34. The Morgan fingerprint density at radius 1 is 1.43 bits per heavy atom. The van der Waals surface area contributed by atoms with E-state index in [2.05, 4.69) is 5.16 Å². The summed E-state index contributed by atoms with van der Waals surface area (Å²) in [5.74, 6) is 0.459. The molecule has 0 radical (unpaired) electrons. The number of oxime groups is 1. The minimum Gasteiger partial charge on any atom is -0.484 e. The number of halogens is 1. The van der Waals surface area contributed by atoms with E-state index in [-0.39, 0.29) is 24.4 Å². The van der Waals surface area contributed by atoms with E-state index in [4.69, 9.17) is 27.3 Å². The van der Waals surface area contributed by atoms with Crippen LogP contribution in [0, 0.1) is 0 Å². The van der Waals surface area contributed by atoms with Gasteiger partial charge in [-0.25, -0.2) is 0 Å². The number of ether oxygens (including phenoxy) is 1. The maximum atomic E-state index is 12.3. The van der Waals surface area contributed by atoms with Crippen LogP contribution in [0.5, 0.6) is 5.75 Å². The maximum Gasteiger partial charge on any atom is 0.261 e. The molecule has 0 aromatic heterocycles. The summed E-state index contributed by atoms with van der Waals surface area (Å²) < 4.78 is 5.44. The zero-order valence-corrected chi connectivity index (χ0v) is 12.3. The van der Waals surface area contributed by atoms with Crippen molar-refractivity contribution in [2.45, 2.75) is 25.3 Å². The number of amides is 1. The number of piperidine rings is 1. The van der Waals surface area contributed by atoms with Gasteiger partial charge in [-0.3, -0.25) is 4.79 Å². The fourth-order valence-corrected chi connectivity index (χ4v) is 2.49. The normalized spacial score (nSPS) is 19.4. The summed E-state index contributed by atoms with van der Waals surface area (Å²) in [6, 6.07) is 6.44. The van der Waals surface area contributed by atoms with E-state index in [0.29, 0.717) is 23.7 Å². The molecule has 1 unspecified atom stereocenters. The second kappa shape index (κ2) is 7.17. The highest BCUT2D eigenvalue weighted by Gasteiger charge is 2.29. The average molecular weight is 312 g/mol. The van der Waals surface area contributed by atoms with E-state index in [1.807, 2.05) is 0 Å². The molecule has 0 bridgehead atoms. The van der Waals surface area contributed by atoms with E-state index >= 15 is 0 Å². The van der Waals surface area contributed by atoms with Gasteiger partial charge in [0.2, 0.25) is 0 Å². The smallest absolute Gasteiger partial charge is 0.261 e. The summed E-state index contributed by atoms with van der Waals surface area (Å²) >= 11 is 5.78. The van der Waals surface area contributed by atoms with Crippen molar-refractivity contribution in [1.29, 1.82) is 0 Å². The number of nitrogens with two attached hydrogens (primary N) is 1. The van der Waals surface area contributed by atoms with Gasteiger partial charge in [0.05, 0.1) is 6.04 Å². The largest absolute Gasteiger partial charge is 0.484 e. The number of carbonyl (C=O) groups is 1. The van der Waals surface area contributed by atoms with Crippen molar-refractivity contribution in [2.24, 2.45) is 10.9 Å². The van der Waals surface area contributed by atoms with E-state index in [1.54, 1.807) is 29.2 Å². The summed E-state index contributed by atoms with van der Waals surface area (Å²) in [4.78, 5) is 13.9. The topological polar surface area (TPSA) is 88.2 Å². The molecule has 21 heavy (non-hydrogen) atoms. The second-order valence-electron chi connectivity index (χ2n) is 4.87. The highest BCUT2D eigenvalue weighted by atomic mass is 35.5. The first kappa shape index (κ1) is 15.4. The van der Waals surface area contributed by atoms with Crippen LogP contribution in [0.25, 0.3) is 0 Å². The van der Waals surface area contributed by atoms with Crippen molar-refractivity contribution >= 4 is 23.3 Å². The highest BCUT2D eigenvalue weighted by molar-refractivity contribution is 6.30. The first-order valence-electron chi connectivity index (χ1n) is 6.77. The van der Waals surface area contributed by atoms with Gasteiger partial charge in [-0.2, -0.15) is 0 Å². The van der Waals surface area contributed by atoms with Crippen LogP contribution in [0.2, 0.25) is 5.02 Å². The van der Waals surface area contributed by atoms with Gasteiger partial charge in [0, 0.05) is 11.6 Å². The molecule has 1 heterocycles. The maximum absolute atomic E-state index is 12.3. The third-order valence-electron chi connectivity index (χ3n) is 3.46. The van der Waals surface area contributed by atoms with Crippen molar-refractivity contribution in [3.63, 3.8) is 0 Å². The Balaban J connectivity index is 1.96. The third-order valence-corrected chi connectivity index (χ3v) is 3.71. The summed E-state index contributed by atoms with van der Waals surface area (Å²) in [5, 5.41) is 12.4. The van der Waals surface area contributed by atoms with Gasteiger partial charge in [0.15, 0.2) is 12.4 Å². The van der Waals surface area contributed by atoms with Crippen LogP contribution >= 0.6 is 11.6 Å². The SMILES string of the molecule is NC(=NO)C1CCCCN1C(=O)COc1ccc(Cl)cc1. The molecule has 7 heteroatoms. The van der Waals surface area contributed by atoms with Crippen molar-refractivity contribution in [2.75, 3.05) is 13.2 Å². The fourth-order valence-electron chi connectivity index (χ4n) is 2.36. The monoisotopic (exact) mass is 311 g/mol. The summed E-state index contributed by atoms with van der Waals surface area (Å²) in [5.41, 5.74) is 5.65. The Kier molecular flexibility index (Phi) is 5.27. The molecule has 0 aliphatic carbocycles. The third kappa shape index (κ3) is 4.01. The molecule has 1 aliphatic heterocycles. The molecule has 1 fully saturated rings. The number of benzene rings is 1. The Morgan fingerprint density at radius 3 is 2.81 bits per heavy atom. The van der Waals surface area contributed by atoms with Crippen LogP contribution in [-0.2, 0) is 4.79 Å². The lowest BCUT2D eigenvalue weighted by molar-refractivity contribution is -0.135. The van der Waals surface area contributed by atoms with Crippen molar-refractivity contribution < 1.29 is 14.7 Å². The zero-order valence-electron chi connectivity index (χ0n) is 11.5. The number of hydrogen-bond acceptors (Lipinski definition) is 4. The van der Waals surface area contributed by atoms with Gasteiger partial charge in [-0.15, -0.1) is 0 Å². The van der Waals surface area contributed by atoms with Crippen molar-refractivity contribution in [3.8, 4) is 5.75 Å². The van der Waals surface area contributed by atoms with Gasteiger partial charge in [-0.05, 0) is 43.5 Å². The minimum absolute atomic E-state index is 0.0644. The molecule has 3 N–H and O–H groups in total. The van der Waals surface area contributed by atoms with E-state index in [9.17, 15) is 4.79 Å². The summed E-state index contributed by atoms with van der Waals surface area (Å²) in [6.07, 6.45) is 2.55. The van der Waals surface area contributed by atoms with Gasteiger partial charge < -0.3 is 20.6 Å². The Morgan fingerprint density at radius 2 is 2.14 bits per heavy atom. The van der Waals surface area contributed by atoms with Crippen LogP contribution in [-0.4, -0.2) is 41.0 Å². The van der Waals surface area contributed by atoms with Crippen LogP contribution in [0.15, 0.2) is 29.4 Å². The first-order valence-corrected chi connectivity index (χ1v) is 7.15. The second-order valence-corrected chi connectivity index (χ2v) is 5.30. The van der Waals surface area contributed by atoms with Crippen LogP contribution in [0.1, 0.15) is 19.3 Å². The average Bonchev–Trinajstić information content (AvgIpc) is 2.53. The number of carbonyl (C=O) groups excluding carboxylic acids is 1. The molecule has 0 saturated carbocycles. The molecule has 1 atom stereocenters. The van der Waals surface area contributed by atoms with E-state index in [1.165, 1.54) is 0 Å². The van der Waals surface area contributed by atoms with Gasteiger partial charge in [-0.1, -0.05) is 16.8 Å². The molecule has 1 saturated heterocycles. The van der Waals surface area contributed by atoms with Crippen molar-refractivity contribution in [3.05, 3.63) is 29.3 Å². The van der Waals surface area contributed by atoms with E-state index < -0.39 is 0 Å². The molecular weight excluding hydrogens is 294 g/mol. The molecule has 1 amide bonds. The molecule has 6 nitrogen and oxygen atoms in total. The number of nitrogens with zero attached hydrogens (tertiary/aromatic N) is 2. The Hall–Kier alpha value is -1.95. The van der Waals surface area contributed by atoms with Gasteiger partial charge >= 0.3 is 0 Å². The summed E-state index contributed by atoms with van der Waals surface area (Å²) in [6.45, 7) is 0.501.